The second-order valence-corrected chi connectivity index (χ2v) is 7.04. The Hall–Kier alpha value is -0.380. The van der Waals surface area contributed by atoms with Gasteiger partial charge in [0.2, 0.25) is 0 Å². The van der Waals surface area contributed by atoms with Crippen molar-refractivity contribution in [3.63, 3.8) is 0 Å². The van der Waals surface area contributed by atoms with E-state index in [0.29, 0.717) is 12.8 Å². The van der Waals surface area contributed by atoms with E-state index < -0.39 is 9.84 Å². The first-order valence-electron chi connectivity index (χ1n) is 4.80. The van der Waals surface area contributed by atoms with Gasteiger partial charge in [0.15, 0.2) is 0 Å². The van der Waals surface area contributed by atoms with Crippen LogP contribution in [0.1, 0.15) is 40.0 Å². The second-order valence-electron chi connectivity index (χ2n) is 4.78. The largest absolute Gasteiger partial charge is 0.300 e. The van der Waals surface area contributed by atoms with Crippen molar-refractivity contribution in [2.75, 3.05) is 12.0 Å². The summed E-state index contributed by atoms with van der Waals surface area (Å²) in [6.07, 6.45) is 3.18. The Morgan fingerprint density at radius 3 is 2.14 bits per heavy atom. The Balaban J connectivity index is 3.94. The highest BCUT2D eigenvalue weighted by Crippen LogP contribution is 2.26. The molecule has 0 saturated carbocycles. The summed E-state index contributed by atoms with van der Waals surface area (Å²) in [5.74, 6) is 0.378. The maximum absolute atomic E-state index is 10.9. The van der Waals surface area contributed by atoms with E-state index in [1.54, 1.807) is 6.92 Å². The van der Waals surface area contributed by atoms with Crippen LogP contribution in [0.4, 0.5) is 0 Å². The molecule has 0 amide bonds. The summed E-state index contributed by atoms with van der Waals surface area (Å²) in [6, 6.07) is 0. The lowest BCUT2D eigenvalue weighted by Crippen LogP contribution is -2.17. The van der Waals surface area contributed by atoms with Crippen molar-refractivity contribution in [1.82, 2.24) is 0 Å². The average Bonchev–Trinajstić information content (AvgIpc) is 1.78. The third-order valence-corrected chi connectivity index (χ3v) is 3.13. The monoisotopic (exact) mass is 220 g/mol. The first kappa shape index (κ1) is 13.6. The second kappa shape index (κ2) is 4.91. The van der Waals surface area contributed by atoms with Gasteiger partial charge in [-0.15, -0.1) is 0 Å². The number of Topliss-reactive ketones (excluding diaryl/α,β-unsaturated/α-hetero) is 1. The fraction of sp³-hybridized carbons (Fsp3) is 0.900. The number of hydrogen-bond donors (Lipinski definition) is 0. The van der Waals surface area contributed by atoms with Crippen molar-refractivity contribution in [2.45, 2.75) is 40.0 Å². The molecular formula is C10H20O3S. The summed E-state index contributed by atoms with van der Waals surface area (Å²) in [5, 5.41) is 0. The van der Waals surface area contributed by atoms with Gasteiger partial charge in [0.25, 0.3) is 0 Å². The minimum Gasteiger partial charge on any atom is -0.300 e. The molecule has 4 heteroatoms. The molecule has 0 radical (unpaired) electrons. The van der Waals surface area contributed by atoms with Crippen LogP contribution in [0.15, 0.2) is 0 Å². The van der Waals surface area contributed by atoms with Gasteiger partial charge in [-0.3, -0.25) is 0 Å². The topological polar surface area (TPSA) is 51.2 Å². The average molecular weight is 220 g/mol. The van der Waals surface area contributed by atoms with Crippen molar-refractivity contribution < 1.29 is 13.2 Å². The van der Waals surface area contributed by atoms with Gasteiger partial charge in [0.05, 0.1) is 0 Å². The van der Waals surface area contributed by atoms with E-state index >= 15 is 0 Å². The number of rotatable bonds is 6. The first-order chi connectivity index (χ1) is 6.12. The lowest BCUT2D eigenvalue weighted by atomic mass is 9.83. The van der Waals surface area contributed by atoms with Crippen LogP contribution in [0.5, 0.6) is 0 Å². The molecule has 0 fully saturated rings. The van der Waals surface area contributed by atoms with Crippen LogP contribution in [0.25, 0.3) is 0 Å². The van der Waals surface area contributed by atoms with Gasteiger partial charge in [-0.2, -0.15) is 0 Å². The predicted molar refractivity (Wildman–Crippen MR) is 58.0 cm³/mol. The summed E-state index contributed by atoms with van der Waals surface area (Å²) in [5.41, 5.74) is -0.0729. The quantitative estimate of drug-likeness (QED) is 0.686. The molecule has 0 aromatic carbocycles. The van der Waals surface area contributed by atoms with E-state index in [-0.39, 0.29) is 17.0 Å². The molecule has 0 aliphatic rings. The Labute approximate surface area is 86.8 Å². The molecule has 3 nitrogen and oxygen atoms in total. The normalized spacial score (nSPS) is 12.9. The van der Waals surface area contributed by atoms with Crippen molar-refractivity contribution in [3.8, 4) is 0 Å². The minimum absolute atomic E-state index is 0.0729. The number of sulfone groups is 1. The zero-order valence-corrected chi connectivity index (χ0v) is 10.3. The van der Waals surface area contributed by atoms with E-state index in [1.165, 1.54) is 6.26 Å². The summed E-state index contributed by atoms with van der Waals surface area (Å²) in [6.45, 7) is 5.56. The van der Waals surface area contributed by atoms with Crippen molar-refractivity contribution in [3.05, 3.63) is 0 Å². The molecule has 0 atom stereocenters. The molecule has 14 heavy (non-hydrogen) atoms. The zero-order chi connectivity index (χ0) is 11.4. The standard InChI is InChI=1S/C10H20O3S/c1-9(11)8-10(2,3)6-5-7-14(4,12)13/h5-8H2,1-4H3. The summed E-state index contributed by atoms with van der Waals surface area (Å²) in [4.78, 5) is 10.9. The Morgan fingerprint density at radius 1 is 1.29 bits per heavy atom. The molecule has 0 bridgehead atoms. The van der Waals surface area contributed by atoms with Gasteiger partial charge in [0, 0.05) is 18.4 Å². The lowest BCUT2D eigenvalue weighted by Gasteiger charge is -2.22. The van der Waals surface area contributed by atoms with Gasteiger partial charge < -0.3 is 4.79 Å². The number of ketones is 1. The van der Waals surface area contributed by atoms with Gasteiger partial charge in [-0.1, -0.05) is 13.8 Å². The van der Waals surface area contributed by atoms with Crippen molar-refractivity contribution in [2.24, 2.45) is 5.41 Å². The molecule has 0 unspecified atom stereocenters. The van der Waals surface area contributed by atoms with Crippen LogP contribution in [-0.2, 0) is 14.6 Å². The van der Waals surface area contributed by atoms with E-state index in [0.717, 1.165) is 6.42 Å². The van der Waals surface area contributed by atoms with E-state index in [4.69, 9.17) is 0 Å². The smallest absolute Gasteiger partial charge is 0.147 e. The summed E-state index contributed by atoms with van der Waals surface area (Å²) in [7, 11) is -2.86. The molecule has 0 aromatic heterocycles. The predicted octanol–water partition coefficient (Wildman–Crippen LogP) is 1.82. The zero-order valence-electron chi connectivity index (χ0n) is 9.46. The SMILES string of the molecule is CC(=O)CC(C)(C)CCCS(C)(=O)=O. The minimum atomic E-state index is -2.86. The third-order valence-electron chi connectivity index (χ3n) is 2.10. The Bertz CT molecular complexity index is 288. The van der Waals surface area contributed by atoms with Gasteiger partial charge in [-0.25, -0.2) is 8.42 Å². The molecule has 84 valence electrons. The molecule has 0 aliphatic heterocycles. The summed E-state index contributed by atoms with van der Waals surface area (Å²) >= 11 is 0. The molecule has 0 spiro atoms. The fourth-order valence-electron chi connectivity index (χ4n) is 1.58. The van der Waals surface area contributed by atoms with Crippen LogP contribution < -0.4 is 0 Å². The van der Waals surface area contributed by atoms with Crippen LogP contribution >= 0.6 is 0 Å². The van der Waals surface area contributed by atoms with E-state index in [1.807, 2.05) is 13.8 Å². The van der Waals surface area contributed by atoms with Crippen LogP contribution in [0.2, 0.25) is 0 Å². The molecule has 0 aromatic rings. The molecule has 0 heterocycles. The lowest BCUT2D eigenvalue weighted by molar-refractivity contribution is -0.118. The number of carbonyl (C=O) groups excluding carboxylic acids is 1. The van der Waals surface area contributed by atoms with Crippen LogP contribution in [-0.4, -0.2) is 26.2 Å². The van der Waals surface area contributed by atoms with E-state index in [2.05, 4.69) is 0 Å². The highest BCUT2D eigenvalue weighted by Gasteiger charge is 2.20. The van der Waals surface area contributed by atoms with Crippen molar-refractivity contribution in [1.29, 1.82) is 0 Å². The molecule has 0 rings (SSSR count). The highest BCUT2D eigenvalue weighted by molar-refractivity contribution is 7.90. The molecule has 0 aliphatic carbocycles. The molecular weight excluding hydrogens is 200 g/mol. The van der Waals surface area contributed by atoms with Gasteiger partial charge in [0.1, 0.15) is 15.6 Å². The van der Waals surface area contributed by atoms with Crippen LogP contribution in [0, 0.1) is 5.41 Å². The number of hydrogen-bond acceptors (Lipinski definition) is 3. The Morgan fingerprint density at radius 2 is 1.79 bits per heavy atom. The van der Waals surface area contributed by atoms with Gasteiger partial charge >= 0.3 is 0 Å². The molecule has 0 N–H and O–H groups in total. The number of carbonyl (C=O) groups is 1. The van der Waals surface area contributed by atoms with E-state index in [9.17, 15) is 13.2 Å². The van der Waals surface area contributed by atoms with Crippen molar-refractivity contribution >= 4 is 15.6 Å². The van der Waals surface area contributed by atoms with Gasteiger partial charge in [-0.05, 0) is 25.2 Å². The highest BCUT2D eigenvalue weighted by atomic mass is 32.2. The molecule has 0 saturated heterocycles. The van der Waals surface area contributed by atoms with Crippen LogP contribution in [0.3, 0.4) is 0 Å². The Kier molecular flexibility index (Phi) is 4.78. The third kappa shape index (κ3) is 8.23. The first-order valence-corrected chi connectivity index (χ1v) is 6.86. The maximum Gasteiger partial charge on any atom is 0.147 e. The summed E-state index contributed by atoms with van der Waals surface area (Å²) < 4.78 is 21.7. The maximum atomic E-state index is 10.9. The fourth-order valence-corrected chi connectivity index (χ4v) is 2.24.